The average molecular weight is 343 g/mol. The lowest BCUT2D eigenvalue weighted by Crippen LogP contribution is -2.19. The minimum absolute atomic E-state index is 0.0113. The molecule has 0 fully saturated rings. The zero-order chi connectivity index (χ0) is 16.9. The number of hydrogen-bond donors (Lipinski definition) is 2. The van der Waals surface area contributed by atoms with Crippen LogP contribution in [0.2, 0.25) is 5.02 Å². The SMILES string of the molecule is O=C(CCNc1ccccc1Cl)Nc1ccccc1C(F)(F)F. The summed E-state index contributed by atoms with van der Waals surface area (Å²) in [6, 6.07) is 11.9. The second-order valence-corrected chi connectivity index (χ2v) is 5.16. The molecular formula is C16H14ClF3N2O. The largest absolute Gasteiger partial charge is 0.418 e. The number of benzene rings is 2. The summed E-state index contributed by atoms with van der Waals surface area (Å²) >= 11 is 5.95. The number of carbonyl (C=O) groups excluding carboxylic acids is 1. The zero-order valence-electron chi connectivity index (χ0n) is 12.0. The van der Waals surface area contributed by atoms with Crippen LogP contribution >= 0.6 is 11.6 Å². The molecule has 2 aromatic rings. The van der Waals surface area contributed by atoms with Crippen LogP contribution < -0.4 is 10.6 Å². The Morgan fingerprint density at radius 3 is 2.26 bits per heavy atom. The first kappa shape index (κ1) is 17.1. The summed E-state index contributed by atoms with van der Waals surface area (Å²) in [5.74, 6) is -0.513. The monoisotopic (exact) mass is 342 g/mol. The molecule has 23 heavy (non-hydrogen) atoms. The fourth-order valence-electron chi connectivity index (χ4n) is 1.97. The van der Waals surface area contributed by atoms with Crippen LogP contribution in [-0.2, 0) is 11.0 Å². The Morgan fingerprint density at radius 2 is 1.61 bits per heavy atom. The van der Waals surface area contributed by atoms with Crippen molar-refractivity contribution in [2.24, 2.45) is 0 Å². The van der Waals surface area contributed by atoms with Crippen molar-refractivity contribution in [1.82, 2.24) is 0 Å². The molecule has 7 heteroatoms. The number of carbonyl (C=O) groups is 1. The van der Waals surface area contributed by atoms with Gasteiger partial charge in [0, 0.05) is 13.0 Å². The Bertz CT molecular complexity index is 689. The van der Waals surface area contributed by atoms with Gasteiger partial charge in [-0.15, -0.1) is 0 Å². The van der Waals surface area contributed by atoms with Crippen molar-refractivity contribution < 1.29 is 18.0 Å². The Kier molecular flexibility index (Phi) is 5.50. The summed E-state index contributed by atoms with van der Waals surface area (Å²) in [5, 5.41) is 5.76. The number of alkyl halides is 3. The van der Waals surface area contributed by atoms with Gasteiger partial charge >= 0.3 is 6.18 Å². The molecule has 0 atom stereocenters. The smallest absolute Gasteiger partial charge is 0.383 e. The van der Waals surface area contributed by atoms with E-state index in [1.54, 1.807) is 24.3 Å². The molecule has 0 saturated carbocycles. The van der Waals surface area contributed by atoms with Crippen molar-refractivity contribution in [1.29, 1.82) is 0 Å². The van der Waals surface area contributed by atoms with Crippen LogP contribution in [0.15, 0.2) is 48.5 Å². The van der Waals surface area contributed by atoms with Crippen molar-refractivity contribution in [2.45, 2.75) is 12.6 Å². The van der Waals surface area contributed by atoms with Crippen LogP contribution in [0.3, 0.4) is 0 Å². The van der Waals surface area contributed by atoms with Gasteiger partial charge in [-0.2, -0.15) is 13.2 Å². The van der Waals surface area contributed by atoms with Gasteiger partial charge in [-0.3, -0.25) is 4.79 Å². The van der Waals surface area contributed by atoms with E-state index in [4.69, 9.17) is 11.6 Å². The molecule has 0 radical (unpaired) electrons. The molecular weight excluding hydrogens is 329 g/mol. The molecule has 0 aliphatic heterocycles. The Morgan fingerprint density at radius 1 is 1.00 bits per heavy atom. The highest BCUT2D eigenvalue weighted by atomic mass is 35.5. The molecule has 2 rings (SSSR count). The molecule has 0 aliphatic rings. The van der Waals surface area contributed by atoms with Gasteiger partial charge in [0.1, 0.15) is 0 Å². The van der Waals surface area contributed by atoms with Gasteiger partial charge in [-0.05, 0) is 24.3 Å². The number of rotatable bonds is 5. The molecule has 1 amide bonds. The van der Waals surface area contributed by atoms with Crippen molar-refractivity contribution in [3.05, 3.63) is 59.1 Å². The highest BCUT2D eigenvalue weighted by molar-refractivity contribution is 6.33. The predicted molar refractivity (Wildman–Crippen MR) is 84.6 cm³/mol. The fraction of sp³-hybridized carbons (Fsp3) is 0.188. The van der Waals surface area contributed by atoms with Crippen LogP contribution in [0.4, 0.5) is 24.5 Å². The minimum Gasteiger partial charge on any atom is -0.383 e. The van der Waals surface area contributed by atoms with E-state index in [9.17, 15) is 18.0 Å². The molecule has 0 aliphatic carbocycles. The maximum absolute atomic E-state index is 12.8. The van der Waals surface area contributed by atoms with Crippen LogP contribution in [0.1, 0.15) is 12.0 Å². The number of para-hydroxylation sites is 2. The van der Waals surface area contributed by atoms with Crippen molar-refractivity contribution in [3.63, 3.8) is 0 Å². The minimum atomic E-state index is -4.51. The van der Waals surface area contributed by atoms with Gasteiger partial charge < -0.3 is 10.6 Å². The predicted octanol–water partition coefficient (Wildman–Crippen LogP) is 4.80. The summed E-state index contributed by atoms with van der Waals surface area (Å²) in [5.41, 5.74) is -0.451. The summed E-state index contributed by atoms with van der Waals surface area (Å²) in [4.78, 5) is 11.8. The maximum atomic E-state index is 12.8. The van der Waals surface area contributed by atoms with Gasteiger partial charge in [-0.25, -0.2) is 0 Å². The normalized spacial score (nSPS) is 11.1. The van der Waals surface area contributed by atoms with Gasteiger partial charge in [0.2, 0.25) is 5.91 Å². The van der Waals surface area contributed by atoms with Crippen LogP contribution in [0.5, 0.6) is 0 Å². The number of amides is 1. The highest BCUT2D eigenvalue weighted by Gasteiger charge is 2.33. The molecule has 2 N–H and O–H groups in total. The quantitative estimate of drug-likeness (QED) is 0.819. The Balaban J connectivity index is 1.92. The van der Waals surface area contributed by atoms with E-state index >= 15 is 0 Å². The Hall–Kier alpha value is -2.21. The first-order valence-corrected chi connectivity index (χ1v) is 7.20. The topological polar surface area (TPSA) is 41.1 Å². The molecule has 0 heterocycles. The second-order valence-electron chi connectivity index (χ2n) is 4.75. The third-order valence-corrected chi connectivity index (χ3v) is 3.38. The van der Waals surface area contributed by atoms with Crippen LogP contribution in [0.25, 0.3) is 0 Å². The van der Waals surface area contributed by atoms with Crippen LogP contribution in [0, 0.1) is 0 Å². The maximum Gasteiger partial charge on any atom is 0.418 e. The first-order chi connectivity index (χ1) is 10.9. The molecule has 0 saturated heterocycles. The standard InChI is InChI=1S/C16H14ClF3N2O/c17-12-6-2-4-8-14(12)21-10-9-15(23)22-13-7-3-1-5-11(13)16(18,19)20/h1-8,21H,9-10H2,(H,22,23). The lowest BCUT2D eigenvalue weighted by atomic mass is 10.1. The zero-order valence-corrected chi connectivity index (χ0v) is 12.7. The number of nitrogens with one attached hydrogen (secondary N) is 2. The average Bonchev–Trinajstić information content (AvgIpc) is 2.49. The molecule has 0 spiro atoms. The van der Waals surface area contributed by atoms with E-state index in [1.807, 2.05) is 0 Å². The molecule has 122 valence electrons. The third kappa shape index (κ3) is 4.89. The van der Waals surface area contributed by atoms with E-state index in [0.29, 0.717) is 10.7 Å². The molecule has 0 unspecified atom stereocenters. The molecule has 0 bridgehead atoms. The summed E-state index contributed by atoms with van der Waals surface area (Å²) in [7, 11) is 0. The van der Waals surface area contributed by atoms with Crippen molar-refractivity contribution in [3.8, 4) is 0 Å². The number of anilines is 2. The summed E-state index contributed by atoms with van der Waals surface area (Å²) in [6.07, 6.45) is -4.50. The van der Waals surface area contributed by atoms with Crippen molar-refractivity contribution in [2.75, 3.05) is 17.2 Å². The highest BCUT2D eigenvalue weighted by Crippen LogP contribution is 2.34. The van der Waals surface area contributed by atoms with E-state index in [0.717, 1.165) is 6.07 Å². The van der Waals surface area contributed by atoms with E-state index in [-0.39, 0.29) is 18.7 Å². The van der Waals surface area contributed by atoms with Gasteiger partial charge in [0.05, 0.1) is 22.0 Å². The molecule has 0 aromatic heterocycles. The van der Waals surface area contributed by atoms with E-state index in [2.05, 4.69) is 10.6 Å². The van der Waals surface area contributed by atoms with E-state index < -0.39 is 17.6 Å². The lowest BCUT2D eigenvalue weighted by molar-refractivity contribution is -0.137. The number of hydrogen-bond acceptors (Lipinski definition) is 2. The lowest BCUT2D eigenvalue weighted by Gasteiger charge is -2.14. The summed E-state index contributed by atoms with van der Waals surface area (Å²) in [6.45, 7) is 0.254. The van der Waals surface area contributed by atoms with Gasteiger partial charge in [0.15, 0.2) is 0 Å². The number of halogens is 4. The van der Waals surface area contributed by atoms with Gasteiger partial charge in [-0.1, -0.05) is 35.9 Å². The molecule has 2 aromatic carbocycles. The third-order valence-electron chi connectivity index (χ3n) is 3.05. The summed E-state index contributed by atoms with van der Waals surface area (Å²) < 4.78 is 38.5. The first-order valence-electron chi connectivity index (χ1n) is 6.82. The van der Waals surface area contributed by atoms with Crippen LogP contribution in [-0.4, -0.2) is 12.5 Å². The fourth-order valence-corrected chi connectivity index (χ4v) is 2.17. The van der Waals surface area contributed by atoms with Gasteiger partial charge in [0.25, 0.3) is 0 Å². The van der Waals surface area contributed by atoms with Crippen molar-refractivity contribution >= 4 is 28.9 Å². The Labute approximate surface area is 136 Å². The molecule has 3 nitrogen and oxygen atoms in total. The van der Waals surface area contributed by atoms with E-state index in [1.165, 1.54) is 18.2 Å². The second kappa shape index (κ2) is 7.37.